The van der Waals surface area contributed by atoms with E-state index in [0.717, 1.165) is 30.6 Å². The number of carbonyl (C=O) groups is 1. The van der Waals surface area contributed by atoms with E-state index in [4.69, 9.17) is 4.52 Å². The number of carbonyl (C=O) groups excluding carboxylic acids is 1. The molecule has 3 aromatic rings. The maximum atomic E-state index is 12.8. The Balaban J connectivity index is 1.36. The summed E-state index contributed by atoms with van der Waals surface area (Å²) < 4.78 is 5.44. The number of rotatable bonds is 5. The summed E-state index contributed by atoms with van der Waals surface area (Å²) in [7, 11) is 0. The molecule has 1 fully saturated rings. The maximum Gasteiger partial charge on any atom is 0.257 e. The third kappa shape index (κ3) is 4.76. The van der Waals surface area contributed by atoms with Crippen molar-refractivity contribution in [2.24, 2.45) is 5.92 Å². The number of hydrogen-bond acceptors (Lipinski definition) is 5. The normalized spacial score (nSPS) is 17.1. The third-order valence-corrected chi connectivity index (χ3v) is 5.78. The fraction of sp³-hybridized carbons (Fsp3) is 0.375. The minimum absolute atomic E-state index is 0.0381. The number of benzene rings is 2. The number of nitrogens with one attached hydrogen (secondary N) is 1. The van der Waals surface area contributed by atoms with Crippen LogP contribution in [-0.2, 0) is 11.3 Å². The summed E-state index contributed by atoms with van der Waals surface area (Å²) in [5.74, 6) is 1.23. The van der Waals surface area contributed by atoms with Crippen molar-refractivity contribution in [1.82, 2.24) is 15.0 Å². The molecule has 0 radical (unpaired) electrons. The van der Waals surface area contributed by atoms with Gasteiger partial charge in [0.2, 0.25) is 5.91 Å². The van der Waals surface area contributed by atoms with Crippen molar-refractivity contribution < 1.29 is 9.32 Å². The first-order valence-electron chi connectivity index (χ1n) is 10.5. The van der Waals surface area contributed by atoms with Gasteiger partial charge in [-0.15, -0.1) is 0 Å². The molecule has 1 aliphatic heterocycles. The van der Waals surface area contributed by atoms with Gasteiger partial charge in [-0.3, -0.25) is 9.69 Å². The van der Waals surface area contributed by atoms with Crippen molar-refractivity contribution in [3.05, 3.63) is 65.0 Å². The largest absolute Gasteiger partial charge is 0.334 e. The maximum absolute atomic E-state index is 12.8. The molecule has 0 spiro atoms. The van der Waals surface area contributed by atoms with Gasteiger partial charge in [-0.1, -0.05) is 28.9 Å². The van der Waals surface area contributed by atoms with E-state index in [9.17, 15) is 4.79 Å². The highest BCUT2D eigenvalue weighted by atomic mass is 16.5. The van der Waals surface area contributed by atoms with Crippen molar-refractivity contribution in [2.45, 2.75) is 40.2 Å². The highest BCUT2D eigenvalue weighted by Crippen LogP contribution is 2.22. The molecule has 156 valence electrons. The first-order valence-corrected chi connectivity index (χ1v) is 10.5. The quantitative estimate of drug-likeness (QED) is 0.677. The van der Waals surface area contributed by atoms with Crippen molar-refractivity contribution in [3.8, 4) is 11.5 Å². The first kappa shape index (κ1) is 20.3. The van der Waals surface area contributed by atoms with Crippen LogP contribution in [0.3, 0.4) is 0 Å². The summed E-state index contributed by atoms with van der Waals surface area (Å²) in [5.41, 5.74) is 5.38. The summed E-state index contributed by atoms with van der Waals surface area (Å²) in [6, 6.07) is 14.1. The van der Waals surface area contributed by atoms with Crippen molar-refractivity contribution >= 4 is 11.6 Å². The zero-order valence-corrected chi connectivity index (χ0v) is 17.8. The molecule has 1 saturated heterocycles. The lowest BCUT2D eigenvalue weighted by atomic mass is 9.97. The van der Waals surface area contributed by atoms with Gasteiger partial charge >= 0.3 is 0 Å². The van der Waals surface area contributed by atoms with Crippen LogP contribution in [0.1, 0.15) is 35.4 Å². The highest BCUT2D eigenvalue weighted by Gasteiger charge is 2.27. The van der Waals surface area contributed by atoms with Crippen LogP contribution in [0.15, 0.2) is 47.0 Å². The average Bonchev–Trinajstić information content (AvgIpc) is 3.20. The number of amides is 1. The highest BCUT2D eigenvalue weighted by molar-refractivity contribution is 5.92. The summed E-state index contributed by atoms with van der Waals surface area (Å²) in [5, 5.41) is 7.22. The monoisotopic (exact) mass is 404 g/mol. The topological polar surface area (TPSA) is 71.3 Å². The van der Waals surface area contributed by atoms with Crippen LogP contribution in [0, 0.1) is 26.7 Å². The molecule has 1 atom stereocenters. The Morgan fingerprint density at radius 3 is 2.70 bits per heavy atom. The van der Waals surface area contributed by atoms with Crippen LogP contribution in [-0.4, -0.2) is 34.0 Å². The number of hydrogen-bond donors (Lipinski definition) is 1. The standard InChI is InChI=1S/C24H28N4O2/c1-16-6-9-19(10-7-16)24-26-22(27-30-24)15-28-12-4-5-20(14-28)23(29)25-21-11-8-17(2)18(3)13-21/h6-11,13,20H,4-5,12,14-15H2,1-3H3,(H,25,29)/t20-/m1/s1. The lowest BCUT2D eigenvalue weighted by molar-refractivity contribution is -0.121. The zero-order chi connectivity index (χ0) is 21.1. The smallest absolute Gasteiger partial charge is 0.257 e. The van der Waals surface area contributed by atoms with Crippen LogP contribution in [0.5, 0.6) is 0 Å². The Morgan fingerprint density at radius 1 is 1.13 bits per heavy atom. The van der Waals surface area contributed by atoms with E-state index in [1.54, 1.807) is 0 Å². The van der Waals surface area contributed by atoms with Crippen molar-refractivity contribution in [1.29, 1.82) is 0 Å². The summed E-state index contributed by atoms with van der Waals surface area (Å²) in [6.45, 7) is 8.40. The molecule has 0 bridgehead atoms. The van der Waals surface area contributed by atoms with Gasteiger partial charge in [-0.25, -0.2) is 0 Å². The van der Waals surface area contributed by atoms with Gasteiger partial charge in [0.15, 0.2) is 5.82 Å². The van der Waals surface area contributed by atoms with E-state index < -0.39 is 0 Å². The van der Waals surface area contributed by atoms with E-state index in [1.165, 1.54) is 16.7 Å². The number of anilines is 1. The van der Waals surface area contributed by atoms with E-state index >= 15 is 0 Å². The van der Waals surface area contributed by atoms with E-state index in [2.05, 4.69) is 34.2 Å². The molecule has 6 nitrogen and oxygen atoms in total. The van der Waals surface area contributed by atoms with Crippen LogP contribution in [0.4, 0.5) is 5.69 Å². The van der Waals surface area contributed by atoms with Crippen molar-refractivity contribution in [3.63, 3.8) is 0 Å². The van der Waals surface area contributed by atoms with E-state index in [1.807, 2.05) is 49.4 Å². The second-order valence-electron chi connectivity index (χ2n) is 8.24. The summed E-state index contributed by atoms with van der Waals surface area (Å²) in [6.07, 6.45) is 1.88. The Hall–Kier alpha value is -2.99. The lowest BCUT2D eigenvalue weighted by Gasteiger charge is -2.31. The first-order chi connectivity index (χ1) is 14.5. The van der Waals surface area contributed by atoms with Gasteiger partial charge in [0.05, 0.1) is 12.5 Å². The Kier molecular flexibility index (Phi) is 5.95. The summed E-state index contributed by atoms with van der Waals surface area (Å²) >= 11 is 0. The number of aromatic nitrogens is 2. The molecule has 30 heavy (non-hydrogen) atoms. The molecule has 1 aliphatic rings. The molecule has 4 rings (SSSR count). The molecule has 0 unspecified atom stereocenters. The molecule has 0 aliphatic carbocycles. The summed E-state index contributed by atoms with van der Waals surface area (Å²) in [4.78, 5) is 19.6. The van der Waals surface area contributed by atoms with Gasteiger partial charge in [0.25, 0.3) is 5.89 Å². The second-order valence-corrected chi connectivity index (χ2v) is 8.24. The van der Waals surface area contributed by atoms with Crippen molar-refractivity contribution in [2.75, 3.05) is 18.4 Å². The molecule has 2 heterocycles. The molecule has 0 saturated carbocycles. The molecular weight excluding hydrogens is 376 g/mol. The molecule has 6 heteroatoms. The van der Waals surface area contributed by atoms with Gasteiger partial charge in [-0.2, -0.15) is 4.98 Å². The zero-order valence-electron chi connectivity index (χ0n) is 17.8. The number of likely N-dealkylation sites (tertiary alicyclic amines) is 1. The van der Waals surface area contributed by atoms with Crippen LogP contribution in [0.2, 0.25) is 0 Å². The predicted octanol–water partition coefficient (Wildman–Crippen LogP) is 4.51. The lowest BCUT2D eigenvalue weighted by Crippen LogP contribution is -2.40. The van der Waals surface area contributed by atoms with Gasteiger partial charge < -0.3 is 9.84 Å². The average molecular weight is 405 g/mol. The SMILES string of the molecule is Cc1ccc(-c2nc(CN3CCC[C@@H](C(=O)Nc4ccc(C)c(C)c4)C3)no2)cc1. The molecule has 1 N–H and O–H groups in total. The predicted molar refractivity (Wildman–Crippen MR) is 117 cm³/mol. The van der Waals surface area contributed by atoms with Crippen LogP contribution in [0.25, 0.3) is 11.5 Å². The molecule has 1 aromatic heterocycles. The second kappa shape index (κ2) is 8.79. The van der Waals surface area contributed by atoms with Gasteiger partial charge in [0.1, 0.15) is 0 Å². The van der Waals surface area contributed by atoms with Crippen LogP contribution >= 0.6 is 0 Å². The fourth-order valence-electron chi connectivity index (χ4n) is 3.81. The Labute approximate surface area is 177 Å². The Bertz CT molecular complexity index is 1030. The van der Waals surface area contributed by atoms with Crippen LogP contribution < -0.4 is 5.32 Å². The van der Waals surface area contributed by atoms with E-state index in [0.29, 0.717) is 24.8 Å². The number of piperidine rings is 1. The Morgan fingerprint density at radius 2 is 1.93 bits per heavy atom. The molecule has 2 aromatic carbocycles. The third-order valence-electron chi connectivity index (χ3n) is 5.78. The molecular formula is C24H28N4O2. The fourth-order valence-corrected chi connectivity index (χ4v) is 3.81. The van der Waals surface area contributed by atoms with Gasteiger partial charge in [0, 0.05) is 17.8 Å². The minimum Gasteiger partial charge on any atom is -0.334 e. The number of nitrogens with zero attached hydrogens (tertiary/aromatic N) is 3. The number of aryl methyl sites for hydroxylation is 3. The van der Waals surface area contributed by atoms with Gasteiger partial charge in [-0.05, 0) is 75.5 Å². The minimum atomic E-state index is -0.0381. The van der Waals surface area contributed by atoms with E-state index in [-0.39, 0.29) is 11.8 Å². The molecule has 1 amide bonds.